The highest BCUT2D eigenvalue weighted by molar-refractivity contribution is 6.18. The molecule has 1 fully saturated rings. The molecule has 1 heteroatoms. The summed E-state index contributed by atoms with van der Waals surface area (Å²) in [5.74, 6) is 0.762. The Labute approximate surface area is 475 Å². The molecular weight excluding hydrogens is 963 g/mol. The van der Waals surface area contributed by atoms with Gasteiger partial charge in [-0.1, -0.05) is 263 Å². The summed E-state index contributed by atoms with van der Waals surface area (Å²) in [6, 6.07) is 76.3. The van der Waals surface area contributed by atoms with Gasteiger partial charge in [-0.15, -0.1) is 0 Å². The second kappa shape index (κ2) is 24.1. The molecular formula is C79H75N. The Bertz CT molecular complexity index is 4230. The summed E-state index contributed by atoms with van der Waals surface area (Å²) in [6.45, 7) is 25.6. The molecule has 2 aliphatic rings. The van der Waals surface area contributed by atoms with Gasteiger partial charge in [-0.05, 0) is 178 Å². The first-order valence-corrected chi connectivity index (χ1v) is 28.9. The molecule has 10 aromatic carbocycles. The third-order valence-corrected chi connectivity index (χ3v) is 16.3. The van der Waals surface area contributed by atoms with Gasteiger partial charge in [-0.25, -0.2) is 0 Å². The van der Waals surface area contributed by atoms with Crippen LogP contribution in [0, 0.1) is 13.8 Å². The molecule has 1 nitrogen and oxygen atoms in total. The van der Waals surface area contributed by atoms with Gasteiger partial charge in [0.25, 0.3) is 0 Å². The number of benzene rings is 10. The van der Waals surface area contributed by atoms with Crippen LogP contribution in [0.3, 0.4) is 0 Å². The molecule has 11 aromatic rings. The van der Waals surface area contributed by atoms with E-state index >= 15 is 0 Å². The Morgan fingerprint density at radius 1 is 0.550 bits per heavy atom. The van der Waals surface area contributed by atoms with Gasteiger partial charge >= 0.3 is 0 Å². The Morgan fingerprint density at radius 3 is 1.71 bits per heavy atom. The number of aromatic nitrogens is 1. The molecule has 0 amide bonds. The Morgan fingerprint density at radius 2 is 1.10 bits per heavy atom. The first kappa shape index (κ1) is 54.6. The molecule has 1 saturated carbocycles. The molecule has 13 rings (SSSR count). The fraction of sp³-hybridized carbons (Fsp3) is 0.165. The number of rotatable bonds is 9. The zero-order chi connectivity index (χ0) is 55.9. The van der Waals surface area contributed by atoms with E-state index in [-0.39, 0.29) is 0 Å². The number of allylic oxidation sites excluding steroid dienone is 6. The van der Waals surface area contributed by atoms with E-state index in [1.807, 2.05) is 32.9 Å². The lowest BCUT2D eigenvalue weighted by atomic mass is 9.67. The SMILES string of the molecule is C=C/C(C)=C(\C=C)c1cc(C)ccc1C1CC1.CC.C\C=C/C=c1\c(=C\C)n(CC)c2ccccc12.Cc1ccc2c(c1)C(c1ccccc1)(c1ccccc1)c1cc(-c3cc4ccccc4c4ccccc34)c3ccccc3c1-2. The van der Waals surface area contributed by atoms with Crippen molar-refractivity contribution in [3.05, 3.63) is 304 Å². The van der Waals surface area contributed by atoms with Crippen LogP contribution < -0.4 is 10.6 Å². The van der Waals surface area contributed by atoms with Crippen molar-refractivity contribution in [1.29, 1.82) is 0 Å². The normalized spacial score (nSPS) is 13.9. The van der Waals surface area contributed by atoms with Crippen molar-refractivity contribution in [3.8, 4) is 22.3 Å². The van der Waals surface area contributed by atoms with Gasteiger partial charge in [0.2, 0.25) is 0 Å². The number of aryl methyl sites for hydroxylation is 3. The smallest absolute Gasteiger partial charge is 0.0714 e. The van der Waals surface area contributed by atoms with Crippen LogP contribution in [0.1, 0.15) is 105 Å². The van der Waals surface area contributed by atoms with E-state index in [1.54, 1.807) is 0 Å². The molecule has 1 aromatic heterocycles. The predicted molar refractivity (Wildman–Crippen MR) is 350 cm³/mol. The number of nitrogens with zero attached hydrogens (tertiary/aromatic N) is 1. The van der Waals surface area contributed by atoms with E-state index in [0.717, 1.165) is 12.5 Å². The molecule has 0 radical (unpaired) electrons. The van der Waals surface area contributed by atoms with Gasteiger partial charge in [0.15, 0.2) is 0 Å². The lowest BCUT2D eigenvalue weighted by molar-refractivity contribution is 0.768. The lowest BCUT2D eigenvalue weighted by Gasteiger charge is -2.34. The van der Waals surface area contributed by atoms with Crippen LogP contribution in [0.25, 0.3) is 83.2 Å². The van der Waals surface area contributed by atoms with Crippen molar-refractivity contribution >= 4 is 60.9 Å². The average molecular weight is 1040 g/mol. The summed E-state index contributed by atoms with van der Waals surface area (Å²) in [7, 11) is 0. The maximum Gasteiger partial charge on any atom is 0.0714 e. The van der Waals surface area contributed by atoms with E-state index in [9.17, 15) is 0 Å². The third-order valence-electron chi connectivity index (χ3n) is 16.3. The number of hydrogen-bond acceptors (Lipinski definition) is 0. The Kier molecular flexibility index (Phi) is 16.4. The fourth-order valence-electron chi connectivity index (χ4n) is 12.6. The van der Waals surface area contributed by atoms with E-state index < -0.39 is 5.41 Å². The van der Waals surface area contributed by atoms with Gasteiger partial charge < -0.3 is 4.57 Å². The molecule has 0 saturated heterocycles. The van der Waals surface area contributed by atoms with Crippen LogP contribution in [0.5, 0.6) is 0 Å². The molecule has 0 N–H and O–H groups in total. The molecule has 0 atom stereocenters. The summed E-state index contributed by atoms with van der Waals surface area (Å²) in [5.41, 5.74) is 19.2. The highest BCUT2D eigenvalue weighted by Gasteiger charge is 2.47. The first-order chi connectivity index (χ1) is 39.2. The minimum atomic E-state index is -0.454. The Hall–Kier alpha value is -8.78. The van der Waals surface area contributed by atoms with Gasteiger partial charge in [0.05, 0.1) is 5.41 Å². The highest BCUT2D eigenvalue weighted by atomic mass is 15.0. The topological polar surface area (TPSA) is 4.93 Å². The molecule has 1 heterocycles. The van der Waals surface area contributed by atoms with E-state index in [4.69, 9.17) is 0 Å². The van der Waals surface area contributed by atoms with Crippen LogP contribution in [0.15, 0.2) is 249 Å². The second-order valence-electron chi connectivity index (χ2n) is 21.0. The van der Waals surface area contributed by atoms with Crippen LogP contribution in [-0.4, -0.2) is 4.57 Å². The monoisotopic (exact) mass is 1040 g/mol. The van der Waals surface area contributed by atoms with Crippen molar-refractivity contribution < 1.29 is 0 Å². The van der Waals surface area contributed by atoms with E-state index in [1.165, 1.54) is 145 Å². The van der Waals surface area contributed by atoms with Crippen molar-refractivity contribution in [1.82, 2.24) is 4.57 Å². The summed E-state index contributed by atoms with van der Waals surface area (Å²) in [4.78, 5) is 0. The maximum absolute atomic E-state index is 3.95. The van der Waals surface area contributed by atoms with E-state index in [0.29, 0.717) is 0 Å². The minimum absolute atomic E-state index is 0.454. The van der Waals surface area contributed by atoms with E-state index in [2.05, 4.69) is 283 Å². The van der Waals surface area contributed by atoms with Gasteiger partial charge in [-0.2, -0.15) is 0 Å². The lowest BCUT2D eigenvalue weighted by Crippen LogP contribution is -2.28. The molecule has 396 valence electrons. The number of fused-ring (bicyclic) bond motifs is 9. The zero-order valence-electron chi connectivity index (χ0n) is 48.2. The molecule has 0 bridgehead atoms. The van der Waals surface area contributed by atoms with Crippen LogP contribution in [0.2, 0.25) is 0 Å². The summed E-state index contributed by atoms with van der Waals surface area (Å²) >= 11 is 0. The number of hydrogen-bond donors (Lipinski definition) is 0. The second-order valence-corrected chi connectivity index (χ2v) is 21.0. The predicted octanol–water partition coefficient (Wildman–Crippen LogP) is 20.3. The standard InChI is InChI=1S/C44H30.C17H20.C16H19N.C2H6/c1-29-24-25-38-41(26-29)44(31-15-4-2-5-16-31,32-17-6-3-7-18-32)42-28-40(36-22-12-13-23-37(36)43(38)42)39-27-30-14-8-9-19-33(30)34-20-10-11-21-35(34)39;1-5-13(4)15(6-2)17-11-12(3)7-10-16(17)14-8-9-14;1-4-7-10-13-14-11-8-9-12-16(14)17(6-3)15(13)5-2;1-2/h2-28H,1H3;5-7,10-11,14H,1-2,8-9H2,3-4H3;4-5,7-12H,6H2,1-3H3;1-2H3/b;15-13+;7-4-,13-10-,15-5-;. The minimum Gasteiger partial charge on any atom is -0.341 e. The van der Waals surface area contributed by atoms with Gasteiger partial charge in [-0.3, -0.25) is 0 Å². The molecule has 0 spiro atoms. The molecule has 80 heavy (non-hydrogen) atoms. The van der Waals surface area contributed by atoms with Crippen LogP contribution in [-0.2, 0) is 12.0 Å². The molecule has 0 aliphatic heterocycles. The Balaban J connectivity index is 0.000000164. The zero-order valence-corrected chi connectivity index (χ0v) is 48.2. The van der Waals surface area contributed by atoms with Crippen molar-refractivity contribution in [2.75, 3.05) is 0 Å². The summed E-state index contributed by atoms with van der Waals surface area (Å²) in [6.07, 6.45) is 15.1. The van der Waals surface area contributed by atoms with Crippen LogP contribution >= 0.6 is 0 Å². The first-order valence-electron chi connectivity index (χ1n) is 28.9. The van der Waals surface area contributed by atoms with Gasteiger partial charge in [0.1, 0.15) is 0 Å². The molecule has 0 unspecified atom stereocenters. The quantitative estimate of drug-likeness (QED) is 0.100. The largest absolute Gasteiger partial charge is 0.341 e. The van der Waals surface area contributed by atoms with Gasteiger partial charge in [0, 0.05) is 28.0 Å². The third kappa shape index (κ3) is 9.92. The molecule has 2 aliphatic carbocycles. The maximum atomic E-state index is 3.95. The fourth-order valence-corrected chi connectivity index (χ4v) is 12.6. The number of para-hydroxylation sites is 1. The van der Waals surface area contributed by atoms with Crippen molar-refractivity contribution in [2.24, 2.45) is 0 Å². The van der Waals surface area contributed by atoms with Crippen molar-refractivity contribution in [3.63, 3.8) is 0 Å². The summed E-state index contributed by atoms with van der Waals surface area (Å²) in [5, 5.41) is 11.7. The average Bonchev–Trinajstić information content (AvgIpc) is 4.43. The highest BCUT2D eigenvalue weighted by Crippen LogP contribution is 2.59. The van der Waals surface area contributed by atoms with Crippen LogP contribution in [0.4, 0.5) is 0 Å². The summed E-state index contributed by atoms with van der Waals surface area (Å²) < 4.78 is 2.37. The van der Waals surface area contributed by atoms with Crippen molar-refractivity contribution in [2.45, 2.75) is 86.1 Å².